The predicted octanol–water partition coefficient (Wildman–Crippen LogP) is 4.07. The molecule has 0 atom stereocenters. The molecule has 0 saturated carbocycles. The second-order valence-electron chi connectivity index (χ2n) is 7.04. The Hall–Kier alpha value is -2.70. The molecular weight excluding hydrogens is 388 g/mol. The van der Waals surface area contributed by atoms with Crippen LogP contribution in [0.5, 0.6) is 11.5 Å². The van der Waals surface area contributed by atoms with Crippen molar-refractivity contribution in [1.29, 1.82) is 0 Å². The van der Waals surface area contributed by atoms with Crippen molar-refractivity contribution >= 4 is 17.3 Å². The smallest absolute Gasteiger partial charge is 0.142 e. The Morgan fingerprint density at radius 1 is 1.00 bits per heavy atom. The molecular formula is C22H25ClN4O2. The maximum Gasteiger partial charge on any atom is 0.142 e. The summed E-state index contributed by atoms with van der Waals surface area (Å²) >= 11 is 6.15. The van der Waals surface area contributed by atoms with Crippen LogP contribution >= 0.6 is 11.6 Å². The van der Waals surface area contributed by atoms with Gasteiger partial charge in [0.1, 0.15) is 17.3 Å². The first-order valence-corrected chi connectivity index (χ1v) is 10.0. The number of rotatable bonds is 6. The quantitative estimate of drug-likeness (QED) is 0.661. The van der Waals surface area contributed by atoms with E-state index in [1.165, 1.54) is 0 Å². The summed E-state index contributed by atoms with van der Waals surface area (Å²) in [6.45, 7) is 4.71. The monoisotopic (exact) mass is 412 g/mol. The molecule has 0 amide bonds. The summed E-state index contributed by atoms with van der Waals surface area (Å²) in [5, 5.41) is 0.659. The third kappa shape index (κ3) is 4.33. The van der Waals surface area contributed by atoms with Crippen LogP contribution in [-0.2, 0) is 6.54 Å². The fourth-order valence-electron chi connectivity index (χ4n) is 3.72. The molecule has 1 aromatic heterocycles. The van der Waals surface area contributed by atoms with Gasteiger partial charge in [-0.2, -0.15) is 0 Å². The molecule has 4 rings (SSSR count). The second kappa shape index (κ2) is 8.76. The van der Waals surface area contributed by atoms with Gasteiger partial charge in [0.25, 0.3) is 0 Å². The molecule has 29 heavy (non-hydrogen) atoms. The van der Waals surface area contributed by atoms with Crippen molar-refractivity contribution in [3.8, 4) is 22.9 Å². The SMILES string of the molecule is COc1ccc(Cl)cc1-c1ncc(CN2CCN(c3ccccc3OC)CC2)[nH]1. The topological polar surface area (TPSA) is 53.6 Å². The maximum atomic E-state index is 6.15. The summed E-state index contributed by atoms with van der Waals surface area (Å²) in [5.41, 5.74) is 3.10. The van der Waals surface area contributed by atoms with Crippen LogP contribution in [0.2, 0.25) is 5.02 Å². The van der Waals surface area contributed by atoms with Crippen LogP contribution < -0.4 is 14.4 Å². The van der Waals surface area contributed by atoms with Crippen molar-refractivity contribution in [3.05, 3.63) is 59.4 Å². The van der Waals surface area contributed by atoms with Gasteiger partial charge in [0.15, 0.2) is 0 Å². The van der Waals surface area contributed by atoms with Crippen LogP contribution in [0.25, 0.3) is 11.4 Å². The lowest BCUT2D eigenvalue weighted by atomic mass is 10.2. The average Bonchev–Trinajstić information content (AvgIpc) is 3.22. The van der Waals surface area contributed by atoms with Gasteiger partial charge >= 0.3 is 0 Å². The van der Waals surface area contributed by atoms with Crippen molar-refractivity contribution in [2.75, 3.05) is 45.3 Å². The maximum absolute atomic E-state index is 6.15. The highest BCUT2D eigenvalue weighted by Gasteiger charge is 2.20. The van der Waals surface area contributed by atoms with Crippen molar-refractivity contribution in [2.45, 2.75) is 6.54 Å². The number of piperazine rings is 1. The number of imidazole rings is 1. The first-order chi connectivity index (χ1) is 14.2. The Kier molecular flexibility index (Phi) is 5.92. The van der Waals surface area contributed by atoms with Gasteiger partial charge in [-0.05, 0) is 30.3 Å². The van der Waals surface area contributed by atoms with E-state index in [1.807, 2.05) is 36.5 Å². The largest absolute Gasteiger partial charge is 0.496 e. The number of methoxy groups -OCH3 is 2. The third-order valence-electron chi connectivity index (χ3n) is 5.24. The number of aromatic amines is 1. The molecule has 152 valence electrons. The molecule has 1 aliphatic rings. The standard InChI is InChI=1S/C22H25ClN4O2/c1-28-20-8-7-16(23)13-18(20)22-24-14-17(25-22)15-26-9-11-27(12-10-26)19-5-3-4-6-21(19)29-2/h3-8,13-14H,9-12,15H2,1-2H3,(H,24,25). The van der Waals surface area contributed by atoms with Gasteiger partial charge in [0.2, 0.25) is 0 Å². The zero-order valence-corrected chi connectivity index (χ0v) is 17.4. The molecule has 0 spiro atoms. The van der Waals surface area contributed by atoms with Crippen LogP contribution in [0.4, 0.5) is 5.69 Å². The van der Waals surface area contributed by atoms with Crippen LogP contribution in [-0.4, -0.2) is 55.3 Å². The summed E-state index contributed by atoms with van der Waals surface area (Å²) in [4.78, 5) is 12.8. The minimum absolute atomic E-state index is 0.659. The zero-order chi connectivity index (χ0) is 20.2. The highest BCUT2D eigenvalue weighted by molar-refractivity contribution is 6.30. The number of aromatic nitrogens is 2. The number of anilines is 1. The van der Waals surface area contributed by atoms with Gasteiger partial charge in [-0.15, -0.1) is 0 Å². The highest BCUT2D eigenvalue weighted by atomic mass is 35.5. The van der Waals surface area contributed by atoms with E-state index in [2.05, 4.69) is 31.9 Å². The zero-order valence-electron chi connectivity index (χ0n) is 16.7. The fourth-order valence-corrected chi connectivity index (χ4v) is 3.89. The van der Waals surface area contributed by atoms with E-state index in [-0.39, 0.29) is 0 Å². The molecule has 1 saturated heterocycles. The van der Waals surface area contributed by atoms with E-state index in [1.54, 1.807) is 14.2 Å². The molecule has 1 aliphatic heterocycles. The molecule has 6 nitrogen and oxygen atoms in total. The number of benzene rings is 2. The van der Waals surface area contributed by atoms with Crippen molar-refractivity contribution < 1.29 is 9.47 Å². The normalized spacial score (nSPS) is 14.8. The molecule has 0 bridgehead atoms. The average molecular weight is 413 g/mol. The summed E-state index contributed by atoms with van der Waals surface area (Å²) in [6, 6.07) is 13.7. The van der Waals surface area contributed by atoms with Gasteiger partial charge in [-0.3, -0.25) is 4.90 Å². The molecule has 7 heteroatoms. The van der Waals surface area contributed by atoms with Crippen molar-refractivity contribution in [2.24, 2.45) is 0 Å². The summed E-state index contributed by atoms with van der Waals surface area (Å²) < 4.78 is 10.9. The lowest BCUT2D eigenvalue weighted by Crippen LogP contribution is -2.46. The van der Waals surface area contributed by atoms with Crippen LogP contribution in [0, 0.1) is 0 Å². The molecule has 3 aromatic rings. The van der Waals surface area contributed by atoms with Gasteiger partial charge < -0.3 is 19.4 Å². The third-order valence-corrected chi connectivity index (χ3v) is 5.47. The van der Waals surface area contributed by atoms with E-state index in [4.69, 9.17) is 21.1 Å². The van der Waals surface area contributed by atoms with Crippen LogP contribution in [0.3, 0.4) is 0 Å². The Morgan fingerprint density at radius 3 is 2.52 bits per heavy atom. The Balaban J connectivity index is 1.40. The summed E-state index contributed by atoms with van der Waals surface area (Å²) in [6.07, 6.45) is 1.89. The van der Waals surface area contributed by atoms with Gasteiger partial charge in [-0.25, -0.2) is 4.98 Å². The number of hydrogen-bond donors (Lipinski definition) is 1. The second-order valence-corrected chi connectivity index (χ2v) is 7.47. The van der Waals surface area contributed by atoms with Crippen molar-refractivity contribution in [1.82, 2.24) is 14.9 Å². The molecule has 2 heterocycles. The minimum Gasteiger partial charge on any atom is -0.496 e. The number of halogens is 1. The summed E-state index contributed by atoms with van der Waals surface area (Å²) in [5.74, 6) is 2.45. The number of H-pyrrole nitrogens is 1. The van der Waals surface area contributed by atoms with Crippen LogP contribution in [0.1, 0.15) is 5.69 Å². The summed E-state index contributed by atoms with van der Waals surface area (Å²) in [7, 11) is 3.37. The number of nitrogens with one attached hydrogen (secondary N) is 1. The molecule has 2 aromatic carbocycles. The molecule has 1 fully saturated rings. The number of hydrogen-bond acceptors (Lipinski definition) is 5. The fraction of sp³-hybridized carbons (Fsp3) is 0.318. The lowest BCUT2D eigenvalue weighted by molar-refractivity contribution is 0.247. The van der Waals surface area contributed by atoms with E-state index in [0.717, 1.165) is 67.0 Å². The Morgan fingerprint density at radius 2 is 1.76 bits per heavy atom. The van der Waals surface area contributed by atoms with E-state index in [0.29, 0.717) is 5.02 Å². The number of para-hydroxylation sites is 2. The molecule has 0 unspecified atom stereocenters. The highest BCUT2D eigenvalue weighted by Crippen LogP contribution is 2.31. The minimum atomic E-state index is 0.659. The Labute approximate surface area is 176 Å². The predicted molar refractivity (Wildman–Crippen MR) is 116 cm³/mol. The number of ether oxygens (including phenoxy) is 2. The molecule has 0 radical (unpaired) electrons. The van der Waals surface area contributed by atoms with Gasteiger partial charge in [-0.1, -0.05) is 23.7 Å². The Bertz CT molecular complexity index is 967. The molecule has 0 aliphatic carbocycles. The van der Waals surface area contributed by atoms with Gasteiger partial charge in [0, 0.05) is 49.6 Å². The first-order valence-electron chi connectivity index (χ1n) is 9.66. The van der Waals surface area contributed by atoms with E-state index >= 15 is 0 Å². The number of nitrogens with zero attached hydrogens (tertiary/aromatic N) is 3. The first kappa shape index (κ1) is 19.6. The van der Waals surface area contributed by atoms with E-state index in [9.17, 15) is 0 Å². The van der Waals surface area contributed by atoms with E-state index < -0.39 is 0 Å². The van der Waals surface area contributed by atoms with Crippen LogP contribution in [0.15, 0.2) is 48.7 Å². The van der Waals surface area contributed by atoms with Gasteiger partial charge in [0.05, 0.1) is 25.5 Å². The lowest BCUT2D eigenvalue weighted by Gasteiger charge is -2.36. The van der Waals surface area contributed by atoms with Crippen molar-refractivity contribution in [3.63, 3.8) is 0 Å². The molecule has 1 N–H and O–H groups in total.